The molecule has 0 bridgehead atoms. The summed E-state index contributed by atoms with van der Waals surface area (Å²) in [5, 5.41) is 21.2. The van der Waals surface area contributed by atoms with Gasteiger partial charge in [0.15, 0.2) is 0 Å². The van der Waals surface area contributed by atoms with Crippen LogP contribution in [0.2, 0.25) is 0 Å². The van der Waals surface area contributed by atoms with Gasteiger partial charge in [-0.1, -0.05) is 18.2 Å². The first-order valence-electron chi connectivity index (χ1n) is 9.90. The number of fused-ring (bicyclic) bond motifs is 1. The summed E-state index contributed by atoms with van der Waals surface area (Å²) in [4.78, 5) is 21.6. The number of amides is 1. The molecule has 0 radical (unpaired) electrons. The molecule has 2 N–H and O–H groups in total. The highest BCUT2D eigenvalue weighted by molar-refractivity contribution is 6.06. The SMILES string of the molecule is COc1cc(C(=O)N2CC[C@@H](N3CCC(O)CC3)[C@H](O)C2)c2ccccc2n1. The third-order valence-corrected chi connectivity index (χ3v) is 5.93. The normalized spacial score (nSPS) is 24.5. The largest absolute Gasteiger partial charge is 0.481 e. The number of aliphatic hydroxyl groups is 2. The summed E-state index contributed by atoms with van der Waals surface area (Å²) >= 11 is 0. The number of hydrogen-bond acceptors (Lipinski definition) is 6. The highest BCUT2D eigenvalue weighted by atomic mass is 16.5. The van der Waals surface area contributed by atoms with Gasteiger partial charge in [0.2, 0.25) is 5.88 Å². The third kappa shape index (κ3) is 3.70. The Kier molecular flexibility index (Phi) is 5.48. The number of nitrogens with zero attached hydrogens (tertiary/aromatic N) is 3. The second-order valence-electron chi connectivity index (χ2n) is 7.67. The van der Waals surface area contributed by atoms with Crippen molar-refractivity contribution in [3.05, 3.63) is 35.9 Å². The molecule has 3 heterocycles. The van der Waals surface area contributed by atoms with Gasteiger partial charge in [0.1, 0.15) is 0 Å². The van der Waals surface area contributed by atoms with Gasteiger partial charge >= 0.3 is 0 Å². The summed E-state index contributed by atoms with van der Waals surface area (Å²) in [5.74, 6) is 0.299. The average Bonchev–Trinajstić information content (AvgIpc) is 2.73. The number of para-hydroxylation sites is 1. The van der Waals surface area contributed by atoms with E-state index in [9.17, 15) is 15.0 Å². The molecule has 28 heavy (non-hydrogen) atoms. The van der Waals surface area contributed by atoms with Crippen LogP contribution >= 0.6 is 0 Å². The lowest BCUT2D eigenvalue weighted by atomic mass is 9.96. The van der Waals surface area contributed by atoms with Crippen LogP contribution in [0.5, 0.6) is 5.88 Å². The maximum absolute atomic E-state index is 13.2. The van der Waals surface area contributed by atoms with E-state index >= 15 is 0 Å². The van der Waals surface area contributed by atoms with Gasteiger partial charge in [-0.2, -0.15) is 0 Å². The van der Waals surface area contributed by atoms with Crippen molar-refractivity contribution in [2.24, 2.45) is 0 Å². The molecule has 1 aromatic carbocycles. The number of hydrogen-bond donors (Lipinski definition) is 2. The van der Waals surface area contributed by atoms with Crippen molar-refractivity contribution in [2.45, 2.75) is 37.5 Å². The van der Waals surface area contributed by atoms with Gasteiger partial charge in [-0.25, -0.2) is 4.98 Å². The van der Waals surface area contributed by atoms with E-state index in [4.69, 9.17) is 4.74 Å². The van der Waals surface area contributed by atoms with E-state index in [0.717, 1.165) is 37.7 Å². The quantitative estimate of drug-likeness (QED) is 0.828. The van der Waals surface area contributed by atoms with Crippen molar-refractivity contribution in [3.8, 4) is 5.88 Å². The fourth-order valence-corrected chi connectivity index (χ4v) is 4.35. The van der Waals surface area contributed by atoms with Crippen LogP contribution in [0, 0.1) is 0 Å². The maximum atomic E-state index is 13.2. The number of rotatable bonds is 3. The number of carbonyl (C=O) groups excluding carboxylic acids is 1. The molecule has 2 fully saturated rings. The predicted molar refractivity (Wildman–Crippen MR) is 105 cm³/mol. The molecular weight excluding hydrogens is 358 g/mol. The zero-order valence-electron chi connectivity index (χ0n) is 16.1. The molecule has 2 atom stereocenters. The van der Waals surface area contributed by atoms with Crippen LogP contribution in [0.25, 0.3) is 10.9 Å². The minimum absolute atomic E-state index is 0.0419. The standard InChI is InChI=1S/C21H27N3O4/c1-28-20-12-16(15-4-2-3-5-17(15)22-20)21(27)24-11-8-18(19(26)13-24)23-9-6-14(25)7-10-23/h2-5,12,14,18-19,25-26H,6-11,13H2,1H3/t18-,19-/m1/s1. The van der Waals surface area contributed by atoms with Crippen LogP contribution in [-0.4, -0.2) is 82.4 Å². The van der Waals surface area contributed by atoms with Crippen LogP contribution in [0.4, 0.5) is 0 Å². The lowest BCUT2D eigenvalue weighted by Crippen LogP contribution is -2.57. The highest BCUT2D eigenvalue weighted by Crippen LogP contribution is 2.26. The first kappa shape index (κ1) is 19.1. The Hall–Kier alpha value is -2.22. The zero-order valence-corrected chi connectivity index (χ0v) is 16.1. The molecule has 0 aliphatic carbocycles. The van der Waals surface area contributed by atoms with E-state index in [1.165, 1.54) is 7.11 Å². The minimum atomic E-state index is -0.595. The number of piperidine rings is 2. The second kappa shape index (κ2) is 8.03. The number of aliphatic hydroxyl groups excluding tert-OH is 2. The number of ether oxygens (including phenoxy) is 1. The van der Waals surface area contributed by atoms with Gasteiger partial charge in [0.05, 0.1) is 30.4 Å². The summed E-state index contributed by atoms with van der Waals surface area (Å²) in [6, 6.07) is 9.24. The molecule has 4 rings (SSSR count). The van der Waals surface area contributed by atoms with Crippen molar-refractivity contribution in [1.29, 1.82) is 0 Å². The molecule has 7 heteroatoms. The molecule has 1 amide bonds. The molecule has 2 aliphatic rings. The Bertz CT molecular complexity index is 851. The Balaban J connectivity index is 1.52. The van der Waals surface area contributed by atoms with Crippen LogP contribution in [0.3, 0.4) is 0 Å². The fraction of sp³-hybridized carbons (Fsp3) is 0.524. The fourth-order valence-electron chi connectivity index (χ4n) is 4.35. The van der Waals surface area contributed by atoms with Gasteiger partial charge in [-0.15, -0.1) is 0 Å². The lowest BCUT2D eigenvalue weighted by molar-refractivity contribution is -0.0290. The molecule has 150 valence electrons. The number of likely N-dealkylation sites (tertiary alicyclic amines) is 2. The van der Waals surface area contributed by atoms with Gasteiger partial charge in [0, 0.05) is 43.7 Å². The topological polar surface area (TPSA) is 86.1 Å². The van der Waals surface area contributed by atoms with Crippen molar-refractivity contribution >= 4 is 16.8 Å². The minimum Gasteiger partial charge on any atom is -0.481 e. The van der Waals surface area contributed by atoms with Crippen molar-refractivity contribution < 1.29 is 19.7 Å². The van der Waals surface area contributed by atoms with Gasteiger partial charge in [-0.05, 0) is 25.3 Å². The average molecular weight is 385 g/mol. The van der Waals surface area contributed by atoms with E-state index in [2.05, 4.69) is 9.88 Å². The van der Waals surface area contributed by atoms with Gasteiger partial charge in [0.25, 0.3) is 5.91 Å². The van der Waals surface area contributed by atoms with E-state index in [1.54, 1.807) is 11.0 Å². The number of pyridine rings is 1. The highest BCUT2D eigenvalue weighted by Gasteiger charge is 2.35. The van der Waals surface area contributed by atoms with Gasteiger partial charge in [-0.3, -0.25) is 9.69 Å². The molecule has 7 nitrogen and oxygen atoms in total. The number of β-amino-alcohol motifs (C(OH)–C–C–N with tert-alkyl or cyclic N) is 1. The third-order valence-electron chi connectivity index (χ3n) is 5.93. The van der Waals surface area contributed by atoms with Crippen LogP contribution in [-0.2, 0) is 0 Å². The molecule has 2 aromatic rings. The molecule has 0 spiro atoms. The maximum Gasteiger partial charge on any atom is 0.254 e. The molecule has 2 aliphatic heterocycles. The van der Waals surface area contributed by atoms with Crippen LogP contribution in [0.15, 0.2) is 30.3 Å². The summed E-state index contributed by atoms with van der Waals surface area (Å²) in [6.45, 7) is 2.49. The molecule has 0 unspecified atom stereocenters. The van der Waals surface area contributed by atoms with E-state index < -0.39 is 6.10 Å². The van der Waals surface area contributed by atoms with E-state index in [1.807, 2.05) is 24.3 Å². The van der Waals surface area contributed by atoms with Gasteiger partial charge < -0.3 is 19.8 Å². The first-order valence-corrected chi connectivity index (χ1v) is 9.90. The number of benzene rings is 1. The Morgan fingerprint density at radius 2 is 1.89 bits per heavy atom. The Morgan fingerprint density at radius 1 is 1.14 bits per heavy atom. The number of aromatic nitrogens is 1. The van der Waals surface area contributed by atoms with E-state index in [-0.39, 0.29) is 18.1 Å². The van der Waals surface area contributed by atoms with E-state index in [0.29, 0.717) is 30.0 Å². The Morgan fingerprint density at radius 3 is 2.61 bits per heavy atom. The number of carbonyl (C=O) groups is 1. The summed E-state index contributed by atoms with van der Waals surface area (Å²) in [5.41, 5.74) is 1.27. The monoisotopic (exact) mass is 385 g/mol. The predicted octanol–water partition coefficient (Wildman–Crippen LogP) is 1.28. The summed E-state index contributed by atoms with van der Waals surface area (Å²) in [7, 11) is 1.54. The Labute approximate surface area is 164 Å². The summed E-state index contributed by atoms with van der Waals surface area (Å²) in [6.07, 6.45) is 1.39. The number of methoxy groups -OCH3 is 1. The zero-order chi connectivity index (χ0) is 19.7. The second-order valence-corrected chi connectivity index (χ2v) is 7.67. The molecule has 2 saturated heterocycles. The lowest BCUT2D eigenvalue weighted by Gasteiger charge is -2.43. The van der Waals surface area contributed by atoms with Crippen molar-refractivity contribution in [3.63, 3.8) is 0 Å². The first-order chi connectivity index (χ1) is 13.6. The molecule has 0 saturated carbocycles. The van der Waals surface area contributed by atoms with Crippen LogP contribution in [0.1, 0.15) is 29.6 Å². The summed E-state index contributed by atoms with van der Waals surface area (Å²) < 4.78 is 5.27. The molecule has 1 aromatic heterocycles. The van der Waals surface area contributed by atoms with Crippen LogP contribution < -0.4 is 4.74 Å². The van der Waals surface area contributed by atoms with Crippen molar-refractivity contribution in [1.82, 2.24) is 14.8 Å². The molecular formula is C21H27N3O4. The van der Waals surface area contributed by atoms with Crippen molar-refractivity contribution in [2.75, 3.05) is 33.3 Å². The smallest absolute Gasteiger partial charge is 0.254 e.